The van der Waals surface area contributed by atoms with Crippen molar-refractivity contribution in [3.05, 3.63) is 35.6 Å². The molecule has 4 heteroatoms. The third kappa shape index (κ3) is 4.23. The van der Waals surface area contributed by atoms with Crippen LogP contribution in [0.2, 0.25) is 0 Å². The predicted molar refractivity (Wildman–Crippen MR) is 77.9 cm³/mol. The van der Waals surface area contributed by atoms with Crippen molar-refractivity contribution in [2.75, 3.05) is 5.75 Å². The van der Waals surface area contributed by atoms with Gasteiger partial charge in [0.15, 0.2) is 0 Å². The molecule has 2 rings (SSSR count). The van der Waals surface area contributed by atoms with Crippen molar-refractivity contribution in [3.8, 4) is 0 Å². The van der Waals surface area contributed by atoms with Crippen LogP contribution in [0.5, 0.6) is 0 Å². The van der Waals surface area contributed by atoms with E-state index in [4.69, 9.17) is 0 Å². The first kappa shape index (κ1) is 14.4. The van der Waals surface area contributed by atoms with Crippen molar-refractivity contribution in [2.45, 2.75) is 43.9 Å². The highest BCUT2D eigenvalue weighted by Crippen LogP contribution is 2.26. The largest absolute Gasteiger partial charge is 0.352 e. The minimum atomic E-state index is -0.239. The lowest BCUT2D eigenvalue weighted by atomic mass is 9.97. The van der Waals surface area contributed by atoms with Gasteiger partial charge in [0, 0.05) is 23.5 Å². The molecule has 1 amide bonds. The second-order valence-electron chi connectivity index (χ2n) is 5.30. The fraction of sp³-hybridized carbons (Fsp3) is 0.533. The summed E-state index contributed by atoms with van der Waals surface area (Å²) in [4.78, 5) is 12.0. The van der Waals surface area contributed by atoms with E-state index < -0.39 is 0 Å². The average molecular weight is 281 g/mol. The highest BCUT2D eigenvalue weighted by atomic mass is 32.2. The lowest BCUT2D eigenvalue weighted by Gasteiger charge is -2.15. The third-order valence-electron chi connectivity index (χ3n) is 3.49. The first-order chi connectivity index (χ1) is 9.04. The number of amides is 1. The van der Waals surface area contributed by atoms with Crippen molar-refractivity contribution in [1.82, 2.24) is 5.32 Å². The van der Waals surface area contributed by atoms with Crippen molar-refractivity contribution < 1.29 is 9.18 Å². The fourth-order valence-corrected chi connectivity index (χ4v) is 3.54. The number of halogens is 1. The van der Waals surface area contributed by atoms with E-state index in [0.717, 1.165) is 17.7 Å². The van der Waals surface area contributed by atoms with E-state index in [0.29, 0.717) is 17.7 Å². The van der Waals surface area contributed by atoms with Gasteiger partial charge in [-0.2, -0.15) is 11.8 Å². The van der Waals surface area contributed by atoms with E-state index in [-0.39, 0.29) is 17.6 Å². The number of hydrogen-bond acceptors (Lipinski definition) is 2. The molecule has 1 N–H and O–H groups in total. The van der Waals surface area contributed by atoms with Crippen LogP contribution in [-0.4, -0.2) is 23.0 Å². The Balaban J connectivity index is 1.83. The van der Waals surface area contributed by atoms with Crippen LogP contribution >= 0.6 is 11.8 Å². The molecule has 2 nitrogen and oxygen atoms in total. The molecule has 1 saturated heterocycles. The molecule has 0 unspecified atom stereocenters. The van der Waals surface area contributed by atoms with Gasteiger partial charge in [-0.1, -0.05) is 26.0 Å². The Kier molecular flexibility index (Phi) is 4.86. The summed E-state index contributed by atoms with van der Waals surface area (Å²) in [5.41, 5.74) is 1.01. The van der Waals surface area contributed by atoms with Gasteiger partial charge >= 0.3 is 0 Å². The second-order valence-corrected chi connectivity index (χ2v) is 6.77. The van der Waals surface area contributed by atoms with Gasteiger partial charge in [-0.15, -0.1) is 0 Å². The quantitative estimate of drug-likeness (QED) is 0.917. The van der Waals surface area contributed by atoms with Crippen molar-refractivity contribution in [1.29, 1.82) is 0 Å². The van der Waals surface area contributed by atoms with Crippen LogP contribution in [0, 0.1) is 5.82 Å². The van der Waals surface area contributed by atoms with Crippen LogP contribution in [0.3, 0.4) is 0 Å². The summed E-state index contributed by atoms with van der Waals surface area (Å²) in [6.45, 7) is 4.19. The monoisotopic (exact) mass is 281 g/mol. The summed E-state index contributed by atoms with van der Waals surface area (Å²) in [5.74, 6) is 0.985. The molecule has 1 aromatic carbocycles. The van der Waals surface area contributed by atoms with Crippen molar-refractivity contribution in [2.24, 2.45) is 0 Å². The highest BCUT2D eigenvalue weighted by Gasteiger charge is 2.23. The predicted octanol–water partition coefficient (Wildman–Crippen LogP) is 3.33. The standard InChI is InChI=1S/C15H20FNOS/c1-10(12-3-5-13(16)6-4-12)7-15(18)17-14-8-11(2)19-9-14/h3-6,10-11,14H,7-9H2,1-2H3,(H,17,18)/t10-,11-,14+/m1/s1. The lowest BCUT2D eigenvalue weighted by molar-refractivity contribution is -0.121. The summed E-state index contributed by atoms with van der Waals surface area (Å²) in [6.07, 6.45) is 1.52. The Morgan fingerprint density at radius 1 is 1.47 bits per heavy atom. The zero-order valence-electron chi connectivity index (χ0n) is 11.4. The molecular formula is C15H20FNOS. The van der Waals surface area contributed by atoms with E-state index in [2.05, 4.69) is 12.2 Å². The third-order valence-corrected chi connectivity index (χ3v) is 4.85. The Labute approximate surface area is 118 Å². The van der Waals surface area contributed by atoms with Crippen molar-refractivity contribution >= 4 is 17.7 Å². The Hall–Kier alpha value is -1.03. The maximum absolute atomic E-state index is 12.8. The van der Waals surface area contributed by atoms with Crippen molar-refractivity contribution in [3.63, 3.8) is 0 Å². The number of thioether (sulfide) groups is 1. The van der Waals surface area contributed by atoms with E-state index in [1.807, 2.05) is 18.7 Å². The van der Waals surface area contributed by atoms with Crippen LogP contribution < -0.4 is 5.32 Å². The molecule has 1 aromatic rings. The van der Waals surface area contributed by atoms with Crippen LogP contribution in [0.15, 0.2) is 24.3 Å². The van der Waals surface area contributed by atoms with E-state index in [1.54, 1.807) is 12.1 Å². The molecule has 1 heterocycles. The molecule has 1 aliphatic rings. The fourth-order valence-electron chi connectivity index (χ4n) is 2.39. The second kappa shape index (κ2) is 6.42. The lowest BCUT2D eigenvalue weighted by Crippen LogP contribution is -2.35. The van der Waals surface area contributed by atoms with Crippen LogP contribution in [0.1, 0.15) is 38.2 Å². The summed E-state index contributed by atoms with van der Waals surface area (Å²) in [7, 11) is 0. The maximum Gasteiger partial charge on any atom is 0.220 e. The topological polar surface area (TPSA) is 29.1 Å². The van der Waals surface area contributed by atoms with Gasteiger partial charge in [-0.25, -0.2) is 4.39 Å². The SMILES string of the molecule is C[C@@H]1C[C@H](NC(=O)C[C@@H](C)c2ccc(F)cc2)CS1. The summed E-state index contributed by atoms with van der Waals surface area (Å²) in [6, 6.07) is 6.70. The Morgan fingerprint density at radius 2 is 2.16 bits per heavy atom. The molecule has 0 aromatic heterocycles. The molecule has 104 valence electrons. The number of hydrogen-bond donors (Lipinski definition) is 1. The van der Waals surface area contributed by atoms with Crippen LogP contribution in [0.4, 0.5) is 4.39 Å². The summed E-state index contributed by atoms with van der Waals surface area (Å²) < 4.78 is 12.8. The summed E-state index contributed by atoms with van der Waals surface area (Å²) >= 11 is 1.91. The minimum Gasteiger partial charge on any atom is -0.352 e. The molecule has 19 heavy (non-hydrogen) atoms. The number of rotatable bonds is 4. The molecule has 3 atom stereocenters. The number of benzene rings is 1. The minimum absolute atomic E-state index is 0.0940. The van der Waals surface area contributed by atoms with Gasteiger partial charge in [-0.05, 0) is 30.0 Å². The number of carbonyl (C=O) groups excluding carboxylic acids is 1. The van der Waals surface area contributed by atoms with Gasteiger partial charge < -0.3 is 5.32 Å². The Morgan fingerprint density at radius 3 is 2.74 bits per heavy atom. The molecule has 0 aliphatic carbocycles. The van der Waals surface area contributed by atoms with Gasteiger partial charge in [-0.3, -0.25) is 4.79 Å². The van der Waals surface area contributed by atoms with Gasteiger partial charge in [0.05, 0.1) is 0 Å². The van der Waals surface area contributed by atoms with Crippen LogP contribution in [0.25, 0.3) is 0 Å². The molecule has 0 spiro atoms. The average Bonchev–Trinajstić information content (AvgIpc) is 2.75. The molecule has 1 aliphatic heterocycles. The zero-order valence-corrected chi connectivity index (χ0v) is 12.2. The number of nitrogens with one attached hydrogen (secondary N) is 1. The van der Waals surface area contributed by atoms with Gasteiger partial charge in [0.2, 0.25) is 5.91 Å². The van der Waals surface area contributed by atoms with E-state index in [1.165, 1.54) is 12.1 Å². The number of carbonyl (C=O) groups is 1. The molecular weight excluding hydrogens is 261 g/mol. The molecule has 0 radical (unpaired) electrons. The zero-order chi connectivity index (χ0) is 13.8. The van der Waals surface area contributed by atoms with Crippen LogP contribution in [-0.2, 0) is 4.79 Å². The highest BCUT2D eigenvalue weighted by molar-refractivity contribution is 8.00. The van der Waals surface area contributed by atoms with E-state index in [9.17, 15) is 9.18 Å². The molecule has 0 saturated carbocycles. The van der Waals surface area contributed by atoms with Gasteiger partial charge in [0.1, 0.15) is 5.82 Å². The van der Waals surface area contributed by atoms with E-state index >= 15 is 0 Å². The first-order valence-corrected chi connectivity index (χ1v) is 7.76. The summed E-state index contributed by atoms with van der Waals surface area (Å²) in [5, 5.41) is 3.73. The molecule has 0 bridgehead atoms. The Bertz CT molecular complexity index is 434. The normalized spacial score (nSPS) is 24.2. The first-order valence-electron chi connectivity index (χ1n) is 6.71. The van der Waals surface area contributed by atoms with Gasteiger partial charge in [0.25, 0.3) is 0 Å². The molecule has 1 fully saturated rings. The smallest absolute Gasteiger partial charge is 0.220 e. The maximum atomic E-state index is 12.8.